The smallest absolute Gasteiger partial charge is 0.340 e. The van der Waals surface area contributed by atoms with Gasteiger partial charge >= 0.3 is 5.97 Å². The van der Waals surface area contributed by atoms with E-state index in [4.69, 9.17) is 4.74 Å². The monoisotopic (exact) mass is 299 g/mol. The number of benzene rings is 1. The van der Waals surface area contributed by atoms with Crippen LogP contribution in [0.2, 0.25) is 0 Å². The fourth-order valence-electron chi connectivity index (χ4n) is 1.96. The Hall–Kier alpha value is -1.44. The van der Waals surface area contributed by atoms with E-state index < -0.39 is 21.6 Å². The van der Waals surface area contributed by atoms with Gasteiger partial charge in [-0.2, -0.15) is 4.31 Å². The van der Waals surface area contributed by atoms with Crippen LogP contribution in [0, 0.1) is 6.92 Å². The van der Waals surface area contributed by atoms with E-state index in [0.29, 0.717) is 0 Å². The Bertz CT molecular complexity index is 602. The number of β-amino-alcohol motifs (C(OH)–C–C–N with tert-alkyl or cyclic N) is 1. The average Bonchev–Trinajstić information content (AvgIpc) is 2.35. The molecule has 0 amide bonds. The maximum absolute atomic E-state index is 12.3. The van der Waals surface area contributed by atoms with E-state index in [1.807, 2.05) is 6.92 Å². The molecule has 0 saturated carbocycles. The van der Waals surface area contributed by atoms with Crippen molar-refractivity contribution in [1.82, 2.24) is 4.31 Å². The number of carbonyl (C=O) groups is 1. The zero-order valence-electron chi connectivity index (χ0n) is 11.4. The van der Waals surface area contributed by atoms with Crippen LogP contribution < -0.4 is 0 Å². The number of rotatable bonds is 4. The van der Waals surface area contributed by atoms with Crippen molar-refractivity contribution < 1.29 is 23.1 Å². The molecule has 1 fully saturated rings. The summed E-state index contributed by atoms with van der Waals surface area (Å²) >= 11 is 0. The van der Waals surface area contributed by atoms with Crippen LogP contribution in [0.15, 0.2) is 29.2 Å². The molecule has 1 aliphatic heterocycles. The van der Waals surface area contributed by atoms with Gasteiger partial charge in [0.25, 0.3) is 0 Å². The fourth-order valence-corrected chi connectivity index (χ4v) is 3.51. The lowest BCUT2D eigenvalue weighted by Gasteiger charge is -2.42. The summed E-state index contributed by atoms with van der Waals surface area (Å²) in [5.74, 6) is -0.782. The fraction of sp³-hybridized carbons (Fsp3) is 0.462. The standard InChI is InChI=1S/C13H17NO5S/c1-3-19-12(15)13(16)8-14(9-13)20(17,18)11-6-4-10(2)5-7-11/h4-7,16H,3,8-9H2,1-2H3. The Kier molecular flexibility index (Phi) is 3.86. The third-order valence-corrected chi connectivity index (χ3v) is 5.00. The van der Waals surface area contributed by atoms with E-state index in [9.17, 15) is 18.3 Å². The third-order valence-electron chi connectivity index (χ3n) is 3.19. The highest BCUT2D eigenvalue weighted by atomic mass is 32.2. The van der Waals surface area contributed by atoms with Crippen molar-refractivity contribution in [3.63, 3.8) is 0 Å². The van der Waals surface area contributed by atoms with E-state index in [1.165, 1.54) is 12.1 Å². The lowest BCUT2D eigenvalue weighted by atomic mass is 9.98. The van der Waals surface area contributed by atoms with Gasteiger partial charge in [0.15, 0.2) is 5.60 Å². The van der Waals surface area contributed by atoms with E-state index in [-0.39, 0.29) is 24.6 Å². The Morgan fingerprint density at radius 2 is 1.90 bits per heavy atom. The summed E-state index contributed by atoms with van der Waals surface area (Å²) in [6.45, 7) is 3.08. The Labute approximate surface area is 118 Å². The second kappa shape index (κ2) is 5.16. The maximum atomic E-state index is 12.3. The first-order valence-electron chi connectivity index (χ1n) is 6.26. The first-order chi connectivity index (χ1) is 9.29. The molecule has 0 bridgehead atoms. The first kappa shape index (κ1) is 15.0. The van der Waals surface area contributed by atoms with Gasteiger partial charge in [0.1, 0.15) is 0 Å². The van der Waals surface area contributed by atoms with E-state index in [0.717, 1.165) is 9.87 Å². The van der Waals surface area contributed by atoms with Gasteiger partial charge in [0.2, 0.25) is 10.0 Å². The van der Waals surface area contributed by atoms with Crippen molar-refractivity contribution in [2.75, 3.05) is 19.7 Å². The van der Waals surface area contributed by atoms with Gasteiger partial charge in [-0.25, -0.2) is 13.2 Å². The predicted molar refractivity (Wildman–Crippen MR) is 71.5 cm³/mol. The molecule has 0 radical (unpaired) electrons. The van der Waals surface area contributed by atoms with Gasteiger partial charge in [-0.05, 0) is 26.0 Å². The third kappa shape index (κ3) is 2.56. The summed E-state index contributed by atoms with van der Waals surface area (Å²) in [4.78, 5) is 11.7. The van der Waals surface area contributed by atoms with Crippen molar-refractivity contribution in [1.29, 1.82) is 0 Å². The second-order valence-electron chi connectivity index (χ2n) is 4.84. The quantitative estimate of drug-likeness (QED) is 0.808. The van der Waals surface area contributed by atoms with Crippen LogP contribution in [0.25, 0.3) is 0 Å². The molecule has 1 N–H and O–H groups in total. The lowest BCUT2D eigenvalue weighted by Crippen LogP contribution is -2.67. The Balaban J connectivity index is 2.12. The molecule has 0 atom stereocenters. The van der Waals surface area contributed by atoms with E-state index in [2.05, 4.69) is 0 Å². The van der Waals surface area contributed by atoms with E-state index in [1.54, 1.807) is 19.1 Å². The summed E-state index contributed by atoms with van der Waals surface area (Å²) in [6.07, 6.45) is 0. The number of sulfonamides is 1. The van der Waals surface area contributed by atoms with Crippen molar-refractivity contribution >= 4 is 16.0 Å². The normalized spacial score (nSPS) is 18.4. The topological polar surface area (TPSA) is 83.9 Å². The zero-order chi connectivity index (χ0) is 15.0. The number of carbonyl (C=O) groups excluding carboxylic acids is 1. The highest BCUT2D eigenvalue weighted by molar-refractivity contribution is 7.89. The molecule has 1 heterocycles. The number of aliphatic hydroxyl groups is 1. The van der Waals surface area contributed by atoms with Crippen LogP contribution in [0.1, 0.15) is 12.5 Å². The molecule has 0 unspecified atom stereocenters. The second-order valence-corrected chi connectivity index (χ2v) is 6.78. The molecular formula is C13H17NO5S. The number of esters is 1. The average molecular weight is 299 g/mol. The minimum atomic E-state index is -3.67. The lowest BCUT2D eigenvalue weighted by molar-refractivity contribution is -0.176. The summed E-state index contributed by atoms with van der Waals surface area (Å²) < 4.78 is 30.3. The van der Waals surface area contributed by atoms with Crippen molar-refractivity contribution in [3.8, 4) is 0 Å². The molecule has 0 spiro atoms. The molecule has 7 heteroatoms. The molecule has 1 aromatic carbocycles. The van der Waals surface area contributed by atoms with E-state index >= 15 is 0 Å². The van der Waals surface area contributed by atoms with Crippen molar-refractivity contribution in [2.24, 2.45) is 0 Å². The first-order valence-corrected chi connectivity index (χ1v) is 7.70. The summed E-state index contributed by atoms with van der Waals surface area (Å²) in [5, 5.41) is 9.95. The highest BCUT2D eigenvalue weighted by Gasteiger charge is 2.53. The zero-order valence-corrected chi connectivity index (χ0v) is 12.2. The summed E-state index contributed by atoms with van der Waals surface area (Å²) in [6, 6.07) is 6.41. The minimum absolute atomic E-state index is 0.145. The molecular weight excluding hydrogens is 282 g/mol. The largest absolute Gasteiger partial charge is 0.464 e. The van der Waals surface area contributed by atoms with Gasteiger partial charge in [-0.15, -0.1) is 0 Å². The molecule has 1 aliphatic rings. The van der Waals surface area contributed by atoms with Crippen LogP contribution in [0.3, 0.4) is 0 Å². The Morgan fingerprint density at radius 3 is 2.40 bits per heavy atom. The molecule has 2 rings (SSSR count). The van der Waals surface area contributed by atoms with Gasteiger partial charge < -0.3 is 9.84 Å². The number of hydrogen-bond acceptors (Lipinski definition) is 5. The van der Waals surface area contributed by atoms with Crippen LogP contribution in [0.4, 0.5) is 0 Å². The minimum Gasteiger partial charge on any atom is -0.464 e. The van der Waals surface area contributed by atoms with Gasteiger partial charge in [-0.1, -0.05) is 17.7 Å². The molecule has 1 aromatic rings. The molecule has 20 heavy (non-hydrogen) atoms. The van der Waals surface area contributed by atoms with Gasteiger partial charge in [-0.3, -0.25) is 0 Å². The predicted octanol–water partition coefficient (Wildman–Crippen LogP) is 0.294. The van der Waals surface area contributed by atoms with Crippen LogP contribution in [-0.4, -0.2) is 49.1 Å². The summed E-state index contributed by atoms with van der Waals surface area (Å²) in [7, 11) is -3.67. The highest BCUT2D eigenvalue weighted by Crippen LogP contribution is 2.29. The SMILES string of the molecule is CCOC(=O)C1(O)CN(S(=O)(=O)c2ccc(C)cc2)C1. The van der Waals surface area contributed by atoms with Gasteiger partial charge in [0.05, 0.1) is 24.6 Å². The maximum Gasteiger partial charge on any atom is 0.340 e. The van der Waals surface area contributed by atoms with Crippen LogP contribution >= 0.6 is 0 Å². The van der Waals surface area contributed by atoms with Crippen molar-refractivity contribution in [3.05, 3.63) is 29.8 Å². The molecule has 0 aliphatic carbocycles. The van der Waals surface area contributed by atoms with Crippen LogP contribution in [0.5, 0.6) is 0 Å². The number of ether oxygens (including phenoxy) is 1. The molecule has 1 saturated heterocycles. The molecule has 110 valence electrons. The van der Waals surface area contributed by atoms with Crippen molar-refractivity contribution in [2.45, 2.75) is 24.3 Å². The number of aryl methyl sites for hydroxylation is 1. The molecule has 6 nitrogen and oxygen atoms in total. The molecule has 0 aromatic heterocycles. The van der Waals surface area contributed by atoms with Crippen LogP contribution in [-0.2, 0) is 19.6 Å². The number of nitrogens with zero attached hydrogens (tertiary/aromatic N) is 1. The number of hydrogen-bond donors (Lipinski definition) is 1. The Morgan fingerprint density at radius 1 is 1.35 bits per heavy atom. The summed E-state index contributed by atoms with van der Waals surface area (Å²) in [5.41, 5.74) is -0.774. The van der Waals surface area contributed by atoms with Gasteiger partial charge in [0, 0.05) is 0 Å².